The van der Waals surface area contributed by atoms with Crippen LogP contribution < -0.4 is 5.32 Å². The second-order valence-electron chi connectivity index (χ2n) is 6.62. The standard InChI is InChI=1S/C22H18ClF2N3S/c1-2-3-8-18-27-21(14-11-12-29-22(14)28-18)26-17-10-9-16(25)20(23)19(17)13-6-4-5-7-15(13)24/h4-7,9-12H,2-3,8H2,1H3,(H,26,27,28). The number of rotatable bonds is 6. The maximum atomic E-state index is 14.5. The molecule has 0 aliphatic heterocycles. The van der Waals surface area contributed by atoms with Crippen molar-refractivity contribution in [2.45, 2.75) is 26.2 Å². The zero-order chi connectivity index (χ0) is 20.4. The molecule has 0 unspecified atom stereocenters. The second-order valence-corrected chi connectivity index (χ2v) is 7.89. The number of aryl methyl sites for hydroxylation is 1. The van der Waals surface area contributed by atoms with E-state index < -0.39 is 11.6 Å². The summed E-state index contributed by atoms with van der Waals surface area (Å²) >= 11 is 7.79. The Morgan fingerprint density at radius 1 is 1.03 bits per heavy atom. The molecule has 0 spiro atoms. The monoisotopic (exact) mass is 429 g/mol. The molecule has 0 amide bonds. The van der Waals surface area contributed by atoms with Crippen LogP contribution in [0.15, 0.2) is 47.8 Å². The number of unbranched alkanes of at least 4 members (excludes halogenated alkanes) is 1. The Morgan fingerprint density at radius 3 is 2.66 bits per heavy atom. The summed E-state index contributed by atoms with van der Waals surface area (Å²) in [5, 5.41) is 5.92. The molecule has 0 saturated carbocycles. The number of aromatic nitrogens is 2. The number of hydrogen-bond acceptors (Lipinski definition) is 4. The van der Waals surface area contributed by atoms with Crippen molar-refractivity contribution in [1.29, 1.82) is 0 Å². The first-order chi connectivity index (χ1) is 14.1. The highest BCUT2D eigenvalue weighted by Crippen LogP contribution is 2.40. The van der Waals surface area contributed by atoms with Gasteiger partial charge in [-0.25, -0.2) is 18.7 Å². The maximum Gasteiger partial charge on any atom is 0.142 e. The third-order valence-corrected chi connectivity index (χ3v) is 5.79. The molecule has 7 heteroatoms. The number of hydrogen-bond donors (Lipinski definition) is 1. The zero-order valence-electron chi connectivity index (χ0n) is 15.7. The van der Waals surface area contributed by atoms with Gasteiger partial charge in [0.15, 0.2) is 0 Å². The van der Waals surface area contributed by atoms with Crippen LogP contribution in [0.4, 0.5) is 20.3 Å². The van der Waals surface area contributed by atoms with Gasteiger partial charge < -0.3 is 5.32 Å². The van der Waals surface area contributed by atoms with Gasteiger partial charge in [0.1, 0.15) is 28.1 Å². The van der Waals surface area contributed by atoms with Gasteiger partial charge >= 0.3 is 0 Å². The molecule has 29 heavy (non-hydrogen) atoms. The van der Waals surface area contributed by atoms with Crippen LogP contribution >= 0.6 is 22.9 Å². The molecule has 0 atom stereocenters. The summed E-state index contributed by atoms with van der Waals surface area (Å²) in [6, 6.07) is 10.9. The van der Waals surface area contributed by atoms with Gasteiger partial charge in [-0.1, -0.05) is 43.1 Å². The van der Waals surface area contributed by atoms with Crippen molar-refractivity contribution in [3.8, 4) is 11.1 Å². The van der Waals surface area contributed by atoms with E-state index in [2.05, 4.69) is 22.2 Å². The highest BCUT2D eigenvalue weighted by Gasteiger charge is 2.18. The number of anilines is 2. The zero-order valence-corrected chi connectivity index (χ0v) is 17.2. The van der Waals surface area contributed by atoms with E-state index in [1.54, 1.807) is 24.3 Å². The van der Waals surface area contributed by atoms with E-state index in [4.69, 9.17) is 11.6 Å². The summed E-state index contributed by atoms with van der Waals surface area (Å²) in [5.74, 6) is 0.255. The molecule has 0 aliphatic rings. The van der Waals surface area contributed by atoms with Crippen LogP contribution in [0.5, 0.6) is 0 Å². The molecule has 0 fully saturated rings. The van der Waals surface area contributed by atoms with Crippen LogP contribution in [0, 0.1) is 11.6 Å². The minimum Gasteiger partial charge on any atom is -0.339 e. The van der Waals surface area contributed by atoms with Crippen LogP contribution in [0.2, 0.25) is 5.02 Å². The van der Waals surface area contributed by atoms with Gasteiger partial charge in [0.25, 0.3) is 0 Å². The summed E-state index contributed by atoms with van der Waals surface area (Å²) in [6.45, 7) is 2.12. The minimum absolute atomic E-state index is 0.137. The molecule has 4 rings (SSSR count). The first-order valence-electron chi connectivity index (χ1n) is 9.32. The summed E-state index contributed by atoms with van der Waals surface area (Å²) in [5.41, 5.74) is 0.970. The third kappa shape index (κ3) is 3.95. The molecule has 0 saturated heterocycles. The molecular formula is C22H18ClF2N3S. The Morgan fingerprint density at radius 2 is 1.86 bits per heavy atom. The highest BCUT2D eigenvalue weighted by molar-refractivity contribution is 7.16. The number of benzene rings is 2. The second kappa shape index (κ2) is 8.43. The summed E-state index contributed by atoms with van der Waals surface area (Å²) < 4.78 is 28.7. The van der Waals surface area contributed by atoms with Gasteiger partial charge in [-0.3, -0.25) is 0 Å². The van der Waals surface area contributed by atoms with E-state index >= 15 is 0 Å². The van der Waals surface area contributed by atoms with Gasteiger partial charge in [0.05, 0.1) is 10.4 Å². The van der Waals surface area contributed by atoms with Gasteiger partial charge in [0, 0.05) is 23.2 Å². The average Bonchev–Trinajstić information content (AvgIpc) is 3.19. The lowest BCUT2D eigenvalue weighted by atomic mass is 10.0. The molecular weight excluding hydrogens is 412 g/mol. The molecule has 148 valence electrons. The molecule has 3 nitrogen and oxygen atoms in total. The molecule has 2 aromatic carbocycles. The number of thiophene rings is 1. The average molecular weight is 430 g/mol. The Balaban J connectivity index is 1.84. The Labute approximate surface area is 176 Å². The third-order valence-electron chi connectivity index (χ3n) is 4.62. The van der Waals surface area contributed by atoms with Crippen LogP contribution in [-0.4, -0.2) is 9.97 Å². The van der Waals surface area contributed by atoms with E-state index in [9.17, 15) is 8.78 Å². The lowest BCUT2D eigenvalue weighted by Gasteiger charge is -2.16. The first-order valence-corrected chi connectivity index (χ1v) is 10.6. The van der Waals surface area contributed by atoms with E-state index in [1.165, 1.54) is 23.5 Å². The van der Waals surface area contributed by atoms with Crippen molar-refractivity contribution in [3.05, 3.63) is 70.3 Å². The van der Waals surface area contributed by atoms with Crippen molar-refractivity contribution in [3.63, 3.8) is 0 Å². The Kier molecular flexibility index (Phi) is 5.74. The predicted molar refractivity (Wildman–Crippen MR) is 116 cm³/mol. The summed E-state index contributed by atoms with van der Waals surface area (Å²) in [7, 11) is 0. The maximum absolute atomic E-state index is 14.5. The van der Waals surface area contributed by atoms with Crippen LogP contribution in [0.25, 0.3) is 21.3 Å². The largest absolute Gasteiger partial charge is 0.339 e. The summed E-state index contributed by atoms with van der Waals surface area (Å²) in [6.07, 6.45) is 2.79. The van der Waals surface area contributed by atoms with E-state index in [0.29, 0.717) is 11.5 Å². The van der Waals surface area contributed by atoms with Crippen molar-refractivity contribution in [1.82, 2.24) is 9.97 Å². The number of nitrogens with one attached hydrogen (secondary N) is 1. The van der Waals surface area contributed by atoms with Gasteiger partial charge in [0.2, 0.25) is 0 Å². The summed E-state index contributed by atoms with van der Waals surface area (Å²) in [4.78, 5) is 10.2. The van der Waals surface area contributed by atoms with Crippen LogP contribution in [-0.2, 0) is 6.42 Å². The fraction of sp³-hybridized carbons (Fsp3) is 0.182. The SMILES string of the molecule is CCCCc1nc(Nc2ccc(F)c(Cl)c2-c2ccccc2F)c2ccsc2n1. The van der Waals surface area contributed by atoms with E-state index in [1.807, 2.05) is 11.4 Å². The Bertz CT molecular complexity index is 1180. The molecule has 4 aromatic rings. The lowest BCUT2D eigenvalue weighted by molar-refractivity contribution is 0.625. The van der Waals surface area contributed by atoms with Gasteiger partial charge in [-0.15, -0.1) is 11.3 Å². The van der Waals surface area contributed by atoms with Gasteiger partial charge in [-0.2, -0.15) is 0 Å². The number of halogens is 3. The quantitative estimate of drug-likeness (QED) is 0.347. The fourth-order valence-electron chi connectivity index (χ4n) is 3.15. The molecule has 0 bridgehead atoms. The fourth-order valence-corrected chi connectivity index (χ4v) is 4.20. The van der Waals surface area contributed by atoms with Crippen LogP contribution in [0.1, 0.15) is 25.6 Å². The van der Waals surface area contributed by atoms with Crippen molar-refractivity contribution in [2.75, 3.05) is 5.32 Å². The normalized spacial score (nSPS) is 11.2. The van der Waals surface area contributed by atoms with Crippen molar-refractivity contribution in [2.24, 2.45) is 0 Å². The molecule has 0 radical (unpaired) electrons. The predicted octanol–water partition coefficient (Wildman–Crippen LogP) is 7.38. The number of nitrogens with zero attached hydrogens (tertiary/aromatic N) is 2. The minimum atomic E-state index is -0.609. The highest BCUT2D eigenvalue weighted by atomic mass is 35.5. The topological polar surface area (TPSA) is 37.8 Å². The van der Waals surface area contributed by atoms with Crippen molar-refractivity contribution >= 4 is 44.7 Å². The smallest absolute Gasteiger partial charge is 0.142 e. The lowest BCUT2D eigenvalue weighted by Crippen LogP contribution is -2.03. The molecule has 2 aromatic heterocycles. The Hall–Kier alpha value is -2.57. The number of fused-ring (bicyclic) bond motifs is 1. The molecule has 2 heterocycles. The van der Waals surface area contributed by atoms with Gasteiger partial charge in [-0.05, 0) is 36.1 Å². The first kappa shape index (κ1) is 19.7. The van der Waals surface area contributed by atoms with E-state index in [-0.39, 0.29) is 16.1 Å². The van der Waals surface area contributed by atoms with Crippen molar-refractivity contribution < 1.29 is 8.78 Å². The van der Waals surface area contributed by atoms with E-state index in [0.717, 1.165) is 35.3 Å². The molecule has 0 aliphatic carbocycles. The van der Waals surface area contributed by atoms with Crippen LogP contribution in [0.3, 0.4) is 0 Å². The molecule has 1 N–H and O–H groups in total.